The molecule has 0 saturated carbocycles. The second kappa shape index (κ2) is 7.24. The van der Waals surface area contributed by atoms with Gasteiger partial charge < -0.3 is 15.2 Å². The third kappa shape index (κ3) is 4.57. The van der Waals surface area contributed by atoms with Crippen molar-refractivity contribution in [1.82, 2.24) is 0 Å². The van der Waals surface area contributed by atoms with Crippen LogP contribution in [0.1, 0.15) is 16.8 Å². The van der Waals surface area contributed by atoms with Crippen molar-refractivity contribution < 1.29 is 19.4 Å². The van der Waals surface area contributed by atoms with Crippen LogP contribution in [0.4, 0.5) is 5.00 Å². The summed E-state index contributed by atoms with van der Waals surface area (Å²) in [7, 11) is 0. The molecule has 1 amide bonds. The molecule has 1 aromatic carbocycles. The topological polar surface area (TPSA) is 75.6 Å². The Labute approximate surface area is 133 Å². The molecule has 2 N–H and O–H groups in total. The summed E-state index contributed by atoms with van der Waals surface area (Å²) >= 11 is 4.51. The molecule has 1 heterocycles. The zero-order valence-electron chi connectivity index (χ0n) is 10.8. The maximum Gasteiger partial charge on any atom is 0.338 e. The van der Waals surface area contributed by atoms with Gasteiger partial charge in [-0.1, -0.05) is 22.0 Å². The van der Waals surface area contributed by atoms with Crippen molar-refractivity contribution >= 4 is 44.1 Å². The Morgan fingerprint density at radius 1 is 1.33 bits per heavy atom. The number of aromatic carboxylic acids is 1. The molecular formula is C14H12BrNO4S. The highest BCUT2D eigenvalue weighted by molar-refractivity contribution is 9.10. The highest BCUT2D eigenvalue weighted by Gasteiger charge is 2.13. The fourth-order valence-corrected chi connectivity index (χ4v) is 2.76. The molecule has 0 spiro atoms. The number of benzene rings is 1. The minimum Gasteiger partial charge on any atom is -0.493 e. The van der Waals surface area contributed by atoms with Crippen LogP contribution in [0.15, 0.2) is 40.2 Å². The fourth-order valence-electron chi connectivity index (χ4n) is 1.58. The Balaban J connectivity index is 1.82. The average Bonchev–Trinajstić information content (AvgIpc) is 2.87. The van der Waals surface area contributed by atoms with Crippen molar-refractivity contribution in [3.05, 3.63) is 45.7 Å². The van der Waals surface area contributed by atoms with Crippen molar-refractivity contribution in [2.45, 2.75) is 6.42 Å². The normalized spacial score (nSPS) is 10.1. The van der Waals surface area contributed by atoms with E-state index in [9.17, 15) is 9.59 Å². The molecule has 5 nitrogen and oxygen atoms in total. The predicted octanol–water partition coefficient (Wildman–Crippen LogP) is 3.62. The van der Waals surface area contributed by atoms with Gasteiger partial charge in [-0.2, -0.15) is 0 Å². The first-order valence-electron chi connectivity index (χ1n) is 6.05. The number of halogens is 1. The minimum atomic E-state index is -1.06. The van der Waals surface area contributed by atoms with Crippen molar-refractivity contribution in [3.63, 3.8) is 0 Å². The van der Waals surface area contributed by atoms with Gasteiger partial charge in [0.25, 0.3) is 0 Å². The van der Waals surface area contributed by atoms with Crippen molar-refractivity contribution in [2.75, 3.05) is 11.9 Å². The monoisotopic (exact) mass is 369 g/mol. The van der Waals surface area contributed by atoms with Gasteiger partial charge in [-0.3, -0.25) is 4.79 Å². The minimum absolute atomic E-state index is 0.0984. The highest BCUT2D eigenvalue weighted by Crippen LogP contribution is 2.23. The lowest BCUT2D eigenvalue weighted by molar-refractivity contribution is -0.116. The summed E-state index contributed by atoms with van der Waals surface area (Å²) in [5, 5.41) is 13.5. The molecular weight excluding hydrogens is 358 g/mol. The lowest BCUT2D eigenvalue weighted by Gasteiger charge is -2.07. The Morgan fingerprint density at radius 3 is 2.86 bits per heavy atom. The number of nitrogens with one attached hydrogen (secondary N) is 1. The van der Waals surface area contributed by atoms with Crippen LogP contribution in [0.2, 0.25) is 0 Å². The van der Waals surface area contributed by atoms with Gasteiger partial charge in [-0.15, -0.1) is 11.3 Å². The van der Waals surface area contributed by atoms with Gasteiger partial charge >= 0.3 is 5.97 Å². The van der Waals surface area contributed by atoms with Crippen LogP contribution < -0.4 is 10.1 Å². The van der Waals surface area contributed by atoms with E-state index in [2.05, 4.69) is 21.2 Å². The molecule has 0 unspecified atom stereocenters. The number of anilines is 1. The standard InChI is InChI=1S/C14H12BrNO4S/c15-9-2-1-3-10(8-9)20-6-4-12(17)16-13-11(14(18)19)5-7-21-13/h1-3,5,7-8H,4,6H2,(H,16,17)(H,18,19). The van der Waals surface area contributed by atoms with Gasteiger partial charge in [0.1, 0.15) is 10.8 Å². The largest absolute Gasteiger partial charge is 0.493 e. The molecule has 2 rings (SSSR count). The summed E-state index contributed by atoms with van der Waals surface area (Å²) in [5.41, 5.74) is 0.0984. The zero-order valence-corrected chi connectivity index (χ0v) is 13.2. The number of ether oxygens (including phenoxy) is 1. The molecule has 21 heavy (non-hydrogen) atoms. The van der Waals surface area contributed by atoms with Crippen LogP contribution in [0.5, 0.6) is 5.75 Å². The summed E-state index contributed by atoms with van der Waals surface area (Å²) in [6.07, 6.45) is 0.142. The second-order valence-corrected chi connectivity index (χ2v) is 5.90. The maximum atomic E-state index is 11.8. The molecule has 1 aromatic heterocycles. The van der Waals surface area contributed by atoms with E-state index in [1.165, 1.54) is 17.4 Å². The number of carbonyl (C=O) groups excluding carboxylic acids is 1. The third-order valence-corrected chi connectivity index (χ3v) is 3.87. The van der Waals surface area contributed by atoms with Gasteiger partial charge in [0.2, 0.25) is 5.91 Å². The van der Waals surface area contributed by atoms with Crippen molar-refractivity contribution in [1.29, 1.82) is 0 Å². The molecule has 110 valence electrons. The van der Waals surface area contributed by atoms with Crippen LogP contribution >= 0.6 is 27.3 Å². The van der Waals surface area contributed by atoms with Crippen LogP contribution in [0.3, 0.4) is 0 Å². The molecule has 0 fully saturated rings. The van der Waals surface area contributed by atoms with E-state index < -0.39 is 5.97 Å². The van der Waals surface area contributed by atoms with E-state index in [1.807, 2.05) is 12.1 Å². The number of carboxylic acids is 1. The Morgan fingerprint density at radius 2 is 2.14 bits per heavy atom. The Bertz CT molecular complexity index is 656. The van der Waals surface area contributed by atoms with E-state index >= 15 is 0 Å². The smallest absolute Gasteiger partial charge is 0.338 e. The number of carboxylic acid groups (broad SMARTS) is 1. The van der Waals surface area contributed by atoms with Crippen LogP contribution in [0.25, 0.3) is 0 Å². The first-order valence-corrected chi connectivity index (χ1v) is 7.72. The second-order valence-electron chi connectivity index (χ2n) is 4.07. The first kappa shape index (κ1) is 15.5. The summed E-state index contributed by atoms with van der Waals surface area (Å²) in [5.74, 6) is -0.675. The number of hydrogen-bond donors (Lipinski definition) is 2. The summed E-state index contributed by atoms with van der Waals surface area (Å²) in [6.45, 7) is 0.218. The van der Waals surface area contributed by atoms with Crippen LogP contribution in [-0.2, 0) is 4.79 Å². The van der Waals surface area contributed by atoms with E-state index in [4.69, 9.17) is 9.84 Å². The number of hydrogen-bond acceptors (Lipinski definition) is 4. The van der Waals surface area contributed by atoms with E-state index in [0.29, 0.717) is 10.8 Å². The fraction of sp³-hybridized carbons (Fsp3) is 0.143. The van der Waals surface area contributed by atoms with Crippen molar-refractivity contribution in [2.24, 2.45) is 0 Å². The quantitative estimate of drug-likeness (QED) is 0.815. The Hall–Kier alpha value is -1.86. The Kier molecular flexibility index (Phi) is 5.35. The molecule has 0 radical (unpaired) electrons. The lowest BCUT2D eigenvalue weighted by atomic mass is 10.3. The van der Waals surface area contributed by atoms with E-state index in [-0.39, 0.29) is 24.5 Å². The molecule has 2 aromatic rings. The molecule has 0 atom stereocenters. The lowest BCUT2D eigenvalue weighted by Crippen LogP contribution is -2.16. The van der Waals surface area contributed by atoms with Crippen LogP contribution in [-0.4, -0.2) is 23.6 Å². The number of thiophene rings is 1. The molecule has 0 aliphatic rings. The molecule has 0 bridgehead atoms. The predicted molar refractivity (Wildman–Crippen MR) is 84.2 cm³/mol. The number of carbonyl (C=O) groups is 2. The van der Waals surface area contributed by atoms with Gasteiger partial charge in [0.05, 0.1) is 18.6 Å². The van der Waals surface area contributed by atoms with E-state index in [1.54, 1.807) is 17.5 Å². The molecule has 7 heteroatoms. The molecule has 0 aliphatic heterocycles. The molecule has 0 saturated heterocycles. The van der Waals surface area contributed by atoms with Crippen molar-refractivity contribution in [3.8, 4) is 5.75 Å². The number of amides is 1. The summed E-state index contributed by atoms with van der Waals surface area (Å²) in [4.78, 5) is 22.7. The SMILES string of the molecule is O=C(CCOc1cccc(Br)c1)Nc1sccc1C(=O)O. The van der Waals surface area contributed by atoms with E-state index in [0.717, 1.165) is 4.47 Å². The highest BCUT2D eigenvalue weighted by atomic mass is 79.9. The van der Waals surface area contributed by atoms with Crippen LogP contribution in [0, 0.1) is 0 Å². The average molecular weight is 370 g/mol. The first-order chi connectivity index (χ1) is 10.1. The third-order valence-electron chi connectivity index (χ3n) is 2.54. The maximum absolute atomic E-state index is 11.8. The summed E-state index contributed by atoms with van der Waals surface area (Å²) < 4.78 is 6.35. The zero-order chi connectivity index (χ0) is 15.2. The van der Waals surface area contributed by atoms with Gasteiger partial charge in [-0.05, 0) is 29.6 Å². The molecule has 0 aliphatic carbocycles. The van der Waals surface area contributed by atoms with Gasteiger partial charge in [0.15, 0.2) is 0 Å². The number of rotatable bonds is 6. The van der Waals surface area contributed by atoms with Gasteiger partial charge in [-0.25, -0.2) is 4.79 Å². The van der Waals surface area contributed by atoms with Gasteiger partial charge in [0, 0.05) is 4.47 Å². The summed E-state index contributed by atoms with van der Waals surface area (Å²) in [6, 6.07) is 8.78.